The molecular weight excluding hydrogens is 226 g/mol. The molecule has 0 spiro atoms. The molecule has 1 heterocycles. The normalized spacial score (nSPS) is 24.8. The predicted octanol–water partition coefficient (Wildman–Crippen LogP) is -0.309. The molecule has 0 bridgehead atoms. The van der Waals surface area contributed by atoms with E-state index in [1.165, 1.54) is 0 Å². The minimum Gasteiger partial charge on any atom is -0.330 e. The zero-order valence-corrected chi connectivity index (χ0v) is 11.0. The molecule has 1 saturated heterocycles. The Morgan fingerprint density at radius 2 is 2.06 bits per heavy atom. The van der Waals surface area contributed by atoms with Crippen molar-refractivity contribution in [1.82, 2.24) is 9.21 Å². The van der Waals surface area contributed by atoms with Gasteiger partial charge in [0.2, 0.25) is 10.0 Å². The molecule has 1 fully saturated rings. The predicted molar refractivity (Wildman–Crippen MR) is 65.7 cm³/mol. The van der Waals surface area contributed by atoms with Crippen LogP contribution in [0.2, 0.25) is 0 Å². The third-order valence-electron chi connectivity index (χ3n) is 3.21. The summed E-state index contributed by atoms with van der Waals surface area (Å²) in [6.07, 6.45) is 1.53. The number of hydrogen-bond acceptors (Lipinski definition) is 4. The number of rotatable bonds is 5. The maximum Gasteiger partial charge on any atom is 0.214 e. The van der Waals surface area contributed by atoms with Crippen LogP contribution >= 0.6 is 0 Å². The van der Waals surface area contributed by atoms with Crippen molar-refractivity contribution < 1.29 is 8.42 Å². The van der Waals surface area contributed by atoms with E-state index >= 15 is 0 Å². The van der Waals surface area contributed by atoms with Crippen molar-refractivity contribution in [1.29, 1.82) is 0 Å². The van der Waals surface area contributed by atoms with Crippen LogP contribution in [0.15, 0.2) is 0 Å². The summed E-state index contributed by atoms with van der Waals surface area (Å²) in [5.74, 6) is 0.184. The van der Waals surface area contributed by atoms with Gasteiger partial charge in [0.1, 0.15) is 0 Å². The van der Waals surface area contributed by atoms with Crippen LogP contribution < -0.4 is 5.73 Å². The highest BCUT2D eigenvalue weighted by molar-refractivity contribution is 7.89. The minimum atomic E-state index is -3.09. The van der Waals surface area contributed by atoms with Gasteiger partial charge in [-0.25, -0.2) is 8.42 Å². The molecule has 0 radical (unpaired) electrons. The Bertz CT molecular complexity index is 305. The first kappa shape index (κ1) is 13.9. The highest BCUT2D eigenvalue weighted by atomic mass is 32.2. The number of nitrogens with two attached hydrogens (primary N) is 1. The second-order valence-corrected chi connectivity index (χ2v) is 6.45. The second kappa shape index (κ2) is 5.95. The van der Waals surface area contributed by atoms with Gasteiger partial charge in [-0.15, -0.1) is 0 Å². The number of nitrogens with zero attached hydrogens (tertiary/aromatic N) is 2. The molecule has 1 atom stereocenters. The molecular formula is C10H23N3O2S. The molecule has 0 aromatic heterocycles. The first-order chi connectivity index (χ1) is 7.51. The molecule has 16 heavy (non-hydrogen) atoms. The van der Waals surface area contributed by atoms with Crippen LogP contribution in [-0.2, 0) is 10.0 Å². The van der Waals surface area contributed by atoms with Crippen LogP contribution in [0.25, 0.3) is 0 Å². The fourth-order valence-corrected chi connectivity index (χ4v) is 3.55. The van der Waals surface area contributed by atoms with Crippen LogP contribution in [0.1, 0.15) is 19.8 Å². The van der Waals surface area contributed by atoms with Gasteiger partial charge in [-0.1, -0.05) is 6.92 Å². The molecule has 0 aromatic carbocycles. The standard InChI is InChI=1S/C10H23N3O2S/c1-3-10-9-13(7-6-12(10)2)16(14,15)8-4-5-11/h10H,3-9,11H2,1-2H3. The molecule has 96 valence electrons. The zero-order chi connectivity index (χ0) is 12.2. The SMILES string of the molecule is CCC1CN(S(=O)(=O)CCCN)CCN1C. The van der Waals surface area contributed by atoms with Gasteiger partial charge in [-0.2, -0.15) is 4.31 Å². The lowest BCUT2D eigenvalue weighted by molar-refractivity contribution is 0.144. The lowest BCUT2D eigenvalue weighted by Gasteiger charge is -2.38. The van der Waals surface area contributed by atoms with Gasteiger partial charge >= 0.3 is 0 Å². The second-order valence-electron chi connectivity index (χ2n) is 4.36. The van der Waals surface area contributed by atoms with Crippen molar-refractivity contribution in [2.45, 2.75) is 25.8 Å². The third kappa shape index (κ3) is 3.41. The summed E-state index contributed by atoms with van der Waals surface area (Å²) in [4.78, 5) is 2.23. The maximum atomic E-state index is 12.0. The lowest BCUT2D eigenvalue weighted by Crippen LogP contribution is -2.53. The fourth-order valence-electron chi connectivity index (χ4n) is 2.01. The largest absolute Gasteiger partial charge is 0.330 e. The van der Waals surface area contributed by atoms with E-state index < -0.39 is 10.0 Å². The van der Waals surface area contributed by atoms with Gasteiger partial charge in [-0.05, 0) is 26.4 Å². The molecule has 0 amide bonds. The molecule has 0 saturated carbocycles. The lowest BCUT2D eigenvalue weighted by atomic mass is 10.1. The average Bonchev–Trinajstić information content (AvgIpc) is 2.27. The Labute approximate surface area is 98.6 Å². The first-order valence-corrected chi connectivity index (χ1v) is 7.50. The van der Waals surface area contributed by atoms with Crippen LogP contribution in [0, 0.1) is 0 Å². The minimum absolute atomic E-state index is 0.184. The zero-order valence-electron chi connectivity index (χ0n) is 10.2. The summed E-state index contributed by atoms with van der Waals surface area (Å²) in [5, 5.41) is 0. The average molecular weight is 249 g/mol. The van der Waals surface area contributed by atoms with Gasteiger partial charge in [0, 0.05) is 25.7 Å². The Morgan fingerprint density at radius 1 is 1.38 bits per heavy atom. The van der Waals surface area contributed by atoms with Gasteiger partial charge in [0.05, 0.1) is 5.75 Å². The Balaban J connectivity index is 2.60. The molecule has 6 heteroatoms. The summed E-state index contributed by atoms with van der Waals surface area (Å²) >= 11 is 0. The van der Waals surface area contributed by atoms with E-state index in [0.29, 0.717) is 32.1 Å². The van der Waals surface area contributed by atoms with Crippen LogP contribution in [-0.4, -0.2) is 62.6 Å². The van der Waals surface area contributed by atoms with Crippen LogP contribution in [0.5, 0.6) is 0 Å². The van der Waals surface area contributed by atoms with E-state index in [9.17, 15) is 8.42 Å². The van der Waals surface area contributed by atoms with E-state index in [1.807, 2.05) is 0 Å². The van der Waals surface area contributed by atoms with Gasteiger partial charge in [0.25, 0.3) is 0 Å². The van der Waals surface area contributed by atoms with Crippen molar-refractivity contribution >= 4 is 10.0 Å². The van der Waals surface area contributed by atoms with Crippen molar-refractivity contribution in [3.05, 3.63) is 0 Å². The quantitative estimate of drug-likeness (QED) is 0.726. The van der Waals surface area contributed by atoms with E-state index in [2.05, 4.69) is 18.9 Å². The molecule has 1 aliphatic rings. The Kier molecular flexibility index (Phi) is 5.17. The summed E-state index contributed by atoms with van der Waals surface area (Å²) in [7, 11) is -1.03. The molecule has 1 rings (SSSR count). The topological polar surface area (TPSA) is 66.6 Å². The summed E-state index contributed by atoms with van der Waals surface area (Å²) in [6.45, 7) is 4.58. The van der Waals surface area contributed by atoms with Crippen molar-refractivity contribution in [2.75, 3.05) is 39.0 Å². The van der Waals surface area contributed by atoms with Gasteiger partial charge in [-0.3, -0.25) is 0 Å². The third-order valence-corrected chi connectivity index (χ3v) is 5.13. The summed E-state index contributed by atoms with van der Waals surface area (Å²) in [5.41, 5.74) is 5.35. The van der Waals surface area contributed by atoms with Crippen molar-refractivity contribution in [3.63, 3.8) is 0 Å². The molecule has 5 nitrogen and oxygen atoms in total. The molecule has 0 aromatic rings. The Hall–Kier alpha value is -0.170. The number of piperazine rings is 1. The fraction of sp³-hybridized carbons (Fsp3) is 1.00. The number of sulfonamides is 1. The molecule has 2 N–H and O–H groups in total. The summed E-state index contributed by atoms with van der Waals surface area (Å²) < 4.78 is 25.6. The van der Waals surface area contributed by atoms with Crippen LogP contribution in [0.3, 0.4) is 0 Å². The van der Waals surface area contributed by atoms with E-state index in [1.54, 1.807) is 4.31 Å². The van der Waals surface area contributed by atoms with E-state index in [-0.39, 0.29) is 5.75 Å². The maximum absolute atomic E-state index is 12.0. The number of likely N-dealkylation sites (N-methyl/N-ethyl adjacent to an activating group) is 1. The summed E-state index contributed by atoms with van der Waals surface area (Å²) in [6, 6.07) is 0.349. The van der Waals surface area contributed by atoms with Crippen molar-refractivity contribution in [3.8, 4) is 0 Å². The highest BCUT2D eigenvalue weighted by Crippen LogP contribution is 2.14. The van der Waals surface area contributed by atoms with Gasteiger partial charge in [0.15, 0.2) is 0 Å². The highest BCUT2D eigenvalue weighted by Gasteiger charge is 2.30. The van der Waals surface area contributed by atoms with E-state index in [4.69, 9.17) is 5.73 Å². The Morgan fingerprint density at radius 3 is 2.62 bits per heavy atom. The van der Waals surface area contributed by atoms with Gasteiger partial charge < -0.3 is 10.6 Å². The smallest absolute Gasteiger partial charge is 0.214 e. The monoisotopic (exact) mass is 249 g/mol. The number of hydrogen-bond donors (Lipinski definition) is 1. The molecule has 1 aliphatic heterocycles. The van der Waals surface area contributed by atoms with Crippen molar-refractivity contribution in [2.24, 2.45) is 5.73 Å². The molecule has 1 unspecified atom stereocenters. The van der Waals surface area contributed by atoms with E-state index in [0.717, 1.165) is 13.0 Å². The molecule has 0 aliphatic carbocycles. The van der Waals surface area contributed by atoms with Crippen LogP contribution in [0.4, 0.5) is 0 Å². The first-order valence-electron chi connectivity index (χ1n) is 5.89.